The Morgan fingerprint density at radius 2 is 1.78 bits per heavy atom. The Morgan fingerprint density at radius 1 is 1.11 bits per heavy atom. The molecule has 9 heteroatoms. The van der Waals surface area contributed by atoms with Crippen molar-refractivity contribution in [3.05, 3.63) is 65.5 Å². The standard InChI is InChI=1S/C18H18N4O4S/c1-12-2-6-14(7-3-12)18-21-16(22-26-18)17(23)20-11-10-13-4-8-15(9-5-13)27(19,24)25/h2-9H,10-11H2,1H3,(H,20,23)(H2,19,24,25). The lowest BCUT2D eigenvalue weighted by atomic mass is 10.1. The zero-order chi connectivity index (χ0) is 19.4. The fraction of sp³-hybridized carbons (Fsp3) is 0.167. The van der Waals surface area contributed by atoms with Gasteiger partial charge in [0.25, 0.3) is 17.6 Å². The molecule has 0 aliphatic rings. The molecule has 0 saturated heterocycles. The molecule has 2 aromatic carbocycles. The Morgan fingerprint density at radius 3 is 2.41 bits per heavy atom. The zero-order valence-electron chi connectivity index (χ0n) is 14.5. The van der Waals surface area contributed by atoms with Crippen molar-refractivity contribution < 1.29 is 17.7 Å². The molecule has 0 spiro atoms. The summed E-state index contributed by atoms with van der Waals surface area (Å²) in [5.41, 5.74) is 2.70. The van der Waals surface area contributed by atoms with E-state index in [1.165, 1.54) is 12.1 Å². The van der Waals surface area contributed by atoms with Crippen molar-refractivity contribution in [2.24, 2.45) is 5.14 Å². The molecule has 0 aliphatic heterocycles. The van der Waals surface area contributed by atoms with Gasteiger partial charge in [-0.05, 0) is 43.2 Å². The van der Waals surface area contributed by atoms with Crippen LogP contribution in [-0.4, -0.2) is 31.0 Å². The minimum Gasteiger partial charge on any atom is -0.349 e. The second kappa shape index (κ2) is 7.68. The van der Waals surface area contributed by atoms with E-state index in [0.29, 0.717) is 13.0 Å². The van der Waals surface area contributed by atoms with Gasteiger partial charge in [0, 0.05) is 12.1 Å². The molecule has 8 nitrogen and oxygen atoms in total. The number of aryl methyl sites for hydroxylation is 1. The lowest BCUT2D eigenvalue weighted by Gasteiger charge is -2.04. The summed E-state index contributed by atoms with van der Waals surface area (Å²) in [6, 6.07) is 13.7. The van der Waals surface area contributed by atoms with Crippen LogP contribution in [0.2, 0.25) is 0 Å². The van der Waals surface area contributed by atoms with Crippen LogP contribution in [0.25, 0.3) is 11.5 Å². The van der Waals surface area contributed by atoms with E-state index in [2.05, 4.69) is 15.5 Å². The monoisotopic (exact) mass is 386 g/mol. The van der Waals surface area contributed by atoms with Gasteiger partial charge in [0.15, 0.2) is 0 Å². The number of nitrogens with zero attached hydrogens (tertiary/aromatic N) is 2. The van der Waals surface area contributed by atoms with Crippen LogP contribution in [0.4, 0.5) is 0 Å². The summed E-state index contributed by atoms with van der Waals surface area (Å²) in [7, 11) is -3.71. The quantitative estimate of drug-likeness (QED) is 0.663. The average Bonchev–Trinajstić information content (AvgIpc) is 3.12. The van der Waals surface area contributed by atoms with Gasteiger partial charge in [-0.15, -0.1) is 0 Å². The Bertz CT molecular complexity index is 1040. The van der Waals surface area contributed by atoms with Crippen molar-refractivity contribution in [1.29, 1.82) is 0 Å². The Hall–Kier alpha value is -3.04. The first-order chi connectivity index (χ1) is 12.8. The van der Waals surface area contributed by atoms with E-state index < -0.39 is 15.9 Å². The Labute approximate surface area is 156 Å². The summed E-state index contributed by atoms with van der Waals surface area (Å²) in [5.74, 6) is -0.216. The van der Waals surface area contributed by atoms with Crippen LogP contribution >= 0.6 is 0 Å². The first-order valence-electron chi connectivity index (χ1n) is 8.13. The van der Waals surface area contributed by atoms with Crippen molar-refractivity contribution in [2.45, 2.75) is 18.2 Å². The molecule has 0 aliphatic carbocycles. The van der Waals surface area contributed by atoms with E-state index in [4.69, 9.17) is 9.66 Å². The number of sulfonamides is 1. The number of rotatable bonds is 6. The fourth-order valence-electron chi connectivity index (χ4n) is 2.37. The SMILES string of the molecule is Cc1ccc(-c2nc(C(=O)NCCc3ccc(S(N)(=O)=O)cc3)no2)cc1. The highest BCUT2D eigenvalue weighted by atomic mass is 32.2. The lowest BCUT2D eigenvalue weighted by molar-refractivity contribution is 0.0941. The van der Waals surface area contributed by atoms with Crippen molar-refractivity contribution in [1.82, 2.24) is 15.5 Å². The summed E-state index contributed by atoms with van der Waals surface area (Å²) < 4.78 is 27.6. The van der Waals surface area contributed by atoms with Crippen molar-refractivity contribution in [3.63, 3.8) is 0 Å². The largest absolute Gasteiger partial charge is 0.349 e. The van der Waals surface area contributed by atoms with Crippen LogP contribution in [0.5, 0.6) is 0 Å². The molecule has 0 saturated carbocycles. The van der Waals surface area contributed by atoms with Crippen LogP contribution < -0.4 is 10.5 Å². The van der Waals surface area contributed by atoms with Crippen molar-refractivity contribution in [2.75, 3.05) is 6.54 Å². The number of primary sulfonamides is 1. The minimum atomic E-state index is -3.71. The third-order valence-electron chi connectivity index (χ3n) is 3.88. The number of nitrogens with one attached hydrogen (secondary N) is 1. The molecular weight excluding hydrogens is 368 g/mol. The molecule has 27 heavy (non-hydrogen) atoms. The normalized spacial score (nSPS) is 11.3. The van der Waals surface area contributed by atoms with Gasteiger partial charge in [-0.25, -0.2) is 13.6 Å². The van der Waals surface area contributed by atoms with E-state index in [9.17, 15) is 13.2 Å². The third kappa shape index (κ3) is 4.78. The molecule has 3 rings (SSSR count). The fourth-order valence-corrected chi connectivity index (χ4v) is 2.89. The average molecular weight is 386 g/mol. The maximum Gasteiger partial charge on any atom is 0.292 e. The lowest BCUT2D eigenvalue weighted by Crippen LogP contribution is -2.26. The topological polar surface area (TPSA) is 128 Å². The number of nitrogens with two attached hydrogens (primary N) is 1. The summed E-state index contributed by atoms with van der Waals surface area (Å²) in [5, 5.41) is 11.5. The first kappa shape index (κ1) is 18.7. The van der Waals surface area contributed by atoms with Crippen molar-refractivity contribution >= 4 is 15.9 Å². The van der Waals surface area contributed by atoms with Gasteiger partial charge in [-0.3, -0.25) is 4.79 Å². The number of hydrogen-bond donors (Lipinski definition) is 2. The summed E-state index contributed by atoms with van der Waals surface area (Å²) >= 11 is 0. The summed E-state index contributed by atoms with van der Waals surface area (Å²) in [6.07, 6.45) is 0.513. The minimum absolute atomic E-state index is 0.0462. The zero-order valence-corrected chi connectivity index (χ0v) is 15.4. The number of carbonyl (C=O) groups excluding carboxylic acids is 1. The van der Waals surface area contributed by atoms with E-state index in [1.807, 2.05) is 31.2 Å². The van der Waals surface area contributed by atoms with Crippen LogP contribution in [0, 0.1) is 6.92 Å². The second-order valence-electron chi connectivity index (χ2n) is 5.98. The van der Waals surface area contributed by atoms with E-state index in [0.717, 1.165) is 16.7 Å². The van der Waals surface area contributed by atoms with Crippen LogP contribution in [0.3, 0.4) is 0 Å². The Kier molecular flexibility index (Phi) is 5.33. The van der Waals surface area contributed by atoms with Gasteiger partial charge in [0.2, 0.25) is 10.0 Å². The van der Waals surface area contributed by atoms with Gasteiger partial charge < -0.3 is 9.84 Å². The molecule has 0 atom stereocenters. The number of aromatic nitrogens is 2. The number of amides is 1. The maximum atomic E-state index is 12.1. The highest BCUT2D eigenvalue weighted by Crippen LogP contribution is 2.17. The molecule has 1 heterocycles. The Balaban J connectivity index is 1.56. The predicted molar refractivity (Wildman–Crippen MR) is 98.3 cm³/mol. The molecule has 3 N–H and O–H groups in total. The van der Waals surface area contributed by atoms with E-state index >= 15 is 0 Å². The van der Waals surface area contributed by atoms with Gasteiger partial charge >= 0.3 is 0 Å². The molecule has 0 fully saturated rings. The van der Waals surface area contributed by atoms with Crippen LogP contribution in [-0.2, 0) is 16.4 Å². The number of benzene rings is 2. The molecular formula is C18H18N4O4S. The molecule has 1 aromatic heterocycles. The van der Waals surface area contributed by atoms with Crippen molar-refractivity contribution in [3.8, 4) is 11.5 Å². The molecule has 0 radical (unpaired) electrons. The second-order valence-corrected chi connectivity index (χ2v) is 7.55. The smallest absolute Gasteiger partial charge is 0.292 e. The van der Waals surface area contributed by atoms with E-state index in [1.54, 1.807) is 12.1 Å². The van der Waals surface area contributed by atoms with Gasteiger partial charge in [0.1, 0.15) is 0 Å². The summed E-state index contributed by atoms with van der Waals surface area (Å²) in [4.78, 5) is 16.3. The first-order valence-corrected chi connectivity index (χ1v) is 9.68. The van der Waals surface area contributed by atoms with Crippen LogP contribution in [0.15, 0.2) is 57.9 Å². The number of hydrogen-bond acceptors (Lipinski definition) is 6. The highest BCUT2D eigenvalue weighted by Gasteiger charge is 2.15. The molecule has 3 aromatic rings. The van der Waals surface area contributed by atoms with Crippen LogP contribution in [0.1, 0.15) is 21.7 Å². The summed E-state index contributed by atoms with van der Waals surface area (Å²) in [6.45, 7) is 2.31. The van der Waals surface area contributed by atoms with Gasteiger partial charge in [-0.1, -0.05) is 35.0 Å². The number of carbonyl (C=O) groups is 1. The van der Waals surface area contributed by atoms with E-state index in [-0.39, 0.29) is 16.6 Å². The van der Waals surface area contributed by atoms with Gasteiger partial charge in [-0.2, -0.15) is 4.98 Å². The highest BCUT2D eigenvalue weighted by molar-refractivity contribution is 7.89. The molecule has 0 bridgehead atoms. The third-order valence-corrected chi connectivity index (χ3v) is 4.81. The molecule has 0 unspecified atom stereocenters. The maximum absolute atomic E-state index is 12.1. The molecule has 140 valence electrons. The van der Waals surface area contributed by atoms with Gasteiger partial charge in [0.05, 0.1) is 4.90 Å². The molecule has 1 amide bonds. The predicted octanol–water partition coefficient (Wildman–Crippen LogP) is 1.66.